The minimum Gasteiger partial charge on any atom is -0.389 e. The summed E-state index contributed by atoms with van der Waals surface area (Å²) in [7, 11) is 1.54. The summed E-state index contributed by atoms with van der Waals surface area (Å²) in [5.74, 6) is 0.366. The Bertz CT molecular complexity index is 1350. The lowest BCUT2D eigenvalue weighted by atomic mass is 10.2. The number of aliphatic hydroxyl groups excluding tert-OH is 1. The second-order valence-electron chi connectivity index (χ2n) is 7.93. The lowest BCUT2D eigenvalue weighted by Gasteiger charge is -2.16. The normalized spacial score (nSPS) is 12.1. The van der Waals surface area contributed by atoms with E-state index in [9.17, 15) is 14.7 Å². The molecule has 0 aliphatic carbocycles. The highest BCUT2D eigenvalue weighted by Crippen LogP contribution is 2.21. The first-order valence-corrected chi connectivity index (χ1v) is 10.3. The van der Waals surface area contributed by atoms with Gasteiger partial charge in [-0.3, -0.25) is 14.3 Å². The topological polar surface area (TPSA) is 117 Å². The Morgan fingerprint density at radius 2 is 1.59 bits per heavy atom. The maximum Gasteiger partial charge on any atom is 0.329 e. The quantitative estimate of drug-likeness (QED) is 0.355. The van der Waals surface area contributed by atoms with Gasteiger partial charge in [-0.25, -0.2) is 4.79 Å². The Hall–Kier alpha value is -3.85. The molecular weight excluding hydrogens is 408 g/mol. The Morgan fingerprint density at radius 1 is 1.00 bits per heavy atom. The molecule has 0 spiro atoms. The number of H-pyrrole nitrogens is 1. The van der Waals surface area contributed by atoms with Gasteiger partial charge in [-0.05, 0) is 38.1 Å². The fourth-order valence-corrected chi connectivity index (χ4v) is 3.46. The Morgan fingerprint density at radius 3 is 2.22 bits per heavy atom. The summed E-state index contributed by atoms with van der Waals surface area (Å²) in [6.07, 6.45) is -0.816. The van der Waals surface area contributed by atoms with Crippen molar-refractivity contribution in [3.8, 4) is 0 Å². The molecule has 9 nitrogen and oxygen atoms in total. The lowest BCUT2D eigenvalue weighted by Crippen LogP contribution is -2.31. The molecule has 0 saturated heterocycles. The van der Waals surface area contributed by atoms with Gasteiger partial charge in [-0.15, -0.1) is 0 Å². The van der Waals surface area contributed by atoms with Crippen LogP contribution in [0.25, 0.3) is 11.2 Å². The third-order valence-corrected chi connectivity index (χ3v) is 5.30. The number of hydrogen-bond acceptors (Lipinski definition) is 6. The van der Waals surface area contributed by atoms with Crippen LogP contribution in [0, 0.1) is 13.8 Å². The van der Waals surface area contributed by atoms with E-state index < -0.39 is 17.4 Å². The predicted molar refractivity (Wildman–Crippen MR) is 126 cm³/mol. The number of aryl methyl sites for hydroxylation is 3. The van der Waals surface area contributed by atoms with Crippen molar-refractivity contribution < 1.29 is 5.11 Å². The number of fused-ring (bicyclic) bond motifs is 1. The SMILES string of the molecule is Cc1ccc(NC[C@H](O)Cn2c(Nc3ccc(C)cc3)nc3c2c(=O)[nH]c(=O)n3C)cc1. The van der Waals surface area contributed by atoms with Crippen LogP contribution in [0.3, 0.4) is 0 Å². The van der Waals surface area contributed by atoms with E-state index in [2.05, 4.69) is 20.6 Å². The highest BCUT2D eigenvalue weighted by atomic mass is 16.3. The van der Waals surface area contributed by atoms with Crippen LogP contribution in [0.15, 0.2) is 58.1 Å². The molecule has 0 amide bonds. The molecule has 2 aromatic heterocycles. The second kappa shape index (κ2) is 8.72. The number of aromatic amines is 1. The van der Waals surface area contributed by atoms with E-state index in [4.69, 9.17) is 0 Å². The van der Waals surface area contributed by atoms with Gasteiger partial charge in [-0.1, -0.05) is 35.4 Å². The number of benzene rings is 2. The second-order valence-corrected chi connectivity index (χ2v) is 7.93. The zero-order valence-corrected chi connectivity index (χ0v) is 18.2. The fourth-order valence-electron chi connectivity index (χ4n) is 3.46. The van der Waals surface area contributed by atoms with Crippen molar-refractivity contribution in [2.45, 2.75) is 26.5 Å². The third kappa shape index (κ3) is 4.42. The number of anilines is 3. The van der Waals surface area contributed by atoms with E-state index in [1.807, 2.05) is 62.4 Å². The van der Waals surface area contributed by atoms with Crippen LogP contribution >= 0.6 is 0 Å². The highest BCUT2D eigenvalue weighted by Gasteiger charge is 2.20. The fraction of sp³-hybridized carbons (Fsp3) is 0.261. The zero-order chi connectivity index (χ0) is 22.8. The van der Waals surface area contributed by atoms with Crippen LogP contribution in [0.2, 0.25) is 0 Å². The van der Waals surface area contributed by atoms with Gasteiger partial charge in [0.15, 0.2) is 11.2 Å². The Balaban J connectivity index is 1.66. The summed E-state index contributed by atoms with van der Waals surface area (Å²) in [6, 6.07) is 15.6. The van der Waals surface area contributed by atoms with Crippen LogP contribution in [0.4, 0.5) is 17.3 Å². The third-order valence-electron chi connectivity index (χ3n) is 5.30. The van der Waals surface area contributed by atoms with Crippen molar-refractivity contribution >= 4 is 28.5 Å². The van der Waals surface area contributed by atoms with Gasteiger partial charge in [-0.2, -0.15) is 4.98 Å². The maximum absolute atomic E-state index is 12.6. The number of nitrogens with zero attached hydrogens (tertiary/aromatic N) is 3. The minimum atomic E-state index is -0.816. The number of nitrogens with one attached hydrogen (secondary N) is 3. The Kier molecular flexibility index (Phi) is 5.83. The van der Waals surface area contributed by atoms with Gasteiger partial charge in [0.25, 0.3) is 5.56 Å². The first kappa shape index (κ1) is 21.4. The van der Waals surface area contributed by atoms with E-state index >= 15 is 0 Å². The van der Waals surface area contributed by atoms with Crippen LogP contribution in [0.5, 0.6) is 0 Å². The highest BCUT2D eigenvalue weighted by molar-refractivity contribution is 5.75. The molecule has 32 heavy (non-hydrogen) atoms. The van der Waals surface area contributed by atoms with Gasteiger partial charge < -0.3 is 20.3 Å². The summed E-state index contributed by atoms with van der Waals surface area (Å²) in [6.45, 7) is 4.38. The average molecular weight is 435 g/mol. The van der Waals surface area contributed by atoms with Crippen LogP contribution in [-0.4, -0.2) is 36.9 Å². The summed E-state index contributed by atoms with van der Waals surface area (Å²) in [4.78, 5) is 31.5. The molecule has 0 unspecified atom stereocenters. The van der Waals surface area contributed by atoms with E-state index in [0.717, 1.165) is 22.5 Å². The van der Waals surface area contributed by atoms with Crippen molar-refractivity contribution in [3.05, 3.63) is 80.5 Å². The van der Waals surface area contributed by atoms with Crippen molar-refractivity contribution in [2.24, 2.45) is 7.05 Å². The summed E-state index contributed by atoms with van der Waals surface area (Å²) >= 11 is 0. The average Bonchev–Trinajstić information content (AvgIpc) is 3.12. The van der Waals surface area contributed by atoms with E-state index in [1.54, 1.807) is 11.6 Å². The van der Waals surface area contributed by atoms with Gasteiger partial charge in [0.1, 0.15) is 0 Å². The van der Waals surface area contributed by atoms with Crippen molar-refractivity contribution in [1.29, 1.82) is 0 Å². The minimum absolute atomic E-state index is 0.102. The lowest BCUT2D eigenvalue weighted by molar-refractivity contribution is 0.168. The zero-order valence-electron chi connectivity index (χ0n) is 18.2. The molecule has 0 radical (unpaired) electrons. The van der Waals surface area contributed by atoms with Gasteiger partial charge in [0.2, 0.25) is 5.95 Å². The van der Waals surface area contributed by atoms with E-state index in [0.29, 0.717) is 5.95 Å². The summed E-state index contributed by atoms with van der Waals surface area (Å²) in [5, 5.41) is 17.1. The number of aromatic nitrogens is 4. The monoisotopic (exact) mass is 434 g/mol. The molecule has 0 fully saturated rings. The van der Waals surface area contributed by atoms with Crippen molar-refractivity contribution in [1.82, 2.24) is 19.1 Å². The molecule has 4 N–H and O–H groups in total. The molecule has 166 valence electrons. The first-order chi connectivity index (χ1) is 15.3. The first-order valence-electron chi connectivity index (χ1n) is 10.3. The van der Waals surface area contributed by atoms with Crippen molar-refractivity contribution in [2.75, 3.05) is 17.2 Å². The number of imidazole rings is 1. The molecule has 4 aromatic rings. The number of hydrogen-bond donors (Lipinski definition) is 4. The van der Waals surface area contributed by atoms with Gasteiger partial charge in [0.05, 0.1) is 12.6 Å². The molecule has 0 saturated carbocycles. The Labute approximate surface area is 184 Å². The molecule has 4 rings (SSSR count). The van der Waals surface area contributed by atoms with Crippen molar-refractivity contribution in [3.63, 3.8) is 0 Å². The summed E-state index contributed by atoms with van der Waals surface area (Å²) in [5.41, 5.74) is 3.30. The van der Waals surface area contributed by atoms with Gasteiger partial charge >= 0.3 is 5.69 Å². The molecule has 0 aliphatic heterocycles. The van der Waals surface area contributed by atoms with Crippen LogP contribution in [-0.2, 0) is 13.6 Å². The van der Waals surface area contributed by atoms with E-state index in [-0.39, 0.29) is 24.3 Å². The molecule has 9 heteroatoms. The standard InChI is InChI=1S/C23H26N6O3/c1-14-4-8-16(9-5-14)24-12-18(30)13-29-19-20(28(3)23(32)27-21(19)31)26-22(29)25-17-10-6-15(2)7-11-17/h4-11,18,24,30H,12-13H2,1-3H3,(H,25,26)(H,27,31,32)/t18-/m0/s1. The largest absolute Gasteiger partial charge is 0.389 e. The van der Waals surface area contributed by atoms with Gasteiger partial charge in [0, 0.05) is 25.0 Å². The van der Waals surface area contributed by atoms with E-state index in [1.165, 1.54) is 4.57 Å². The number of rotatable bonds is 7. The maximum atomic E-state index is 12.6. The smallest absolute Gasteiger partial charge is 0.329 e. The molecule has 2 aromatic carbocycles. The predicted octanol–water partition coefficient (Wildman–Crippen LogP) is 2.26. The molecule has 0 bridgehead atoms. The van der Waals surface area contributed by atoms with Crippen LogP contribution in [0.1, 0.15) is 11.1 Å². The molecule has 0 aliphatic rings. The summed E-state index contributed by atoms with van der Waals surface area (Å²) < 4.78 is 2.89. The molecular formula is C23H26N6O3. The molecule has 2 heterocycles. The molecule has 1 atom stereocenters. The number of aliphatic hydroxyl groups is 1. The van der Waals surface area contributed by atoms with Crippen LogP contribution < -0.4 is 21.9 Å².